The van der Waals surface area contributed by atoms with E-state index in [1.54, 1.807) is 0 Å². The fraction of sp³-hybridized carbons (Fsp3) is 0.500. The molecule has 2 heterocycles. The third-order valence-electron chi connectivity index (χ3n) is 2.20. The molecule has 1 saturated heterocycles. The van der Waals surface area contributed by atoms with Crippen LogP contribution in [0.4, 0.5) is 0 Å². The summed E-state index contributed by atoms with van der Waals surface area (Å²) in [5, 5.41) is 14.0. The Labute approximate surface area is 105 Å². The van der Waals surface area contributed by atoms with Gasteiger partial charge in [0, 0.05) is 0 Å². The van der Waals surface area contributed by atoms with Crippen LogP contribution in [0.1, 0.15) is 6.92 Å². The lowest BCUT2D eigenvalue weighted by Gasteiger charge is -2.30. The second kappa shape index (κ2) is 3.25. The van der Waals surface area contributed by atoms with Crippen LogP contribution < -0.4 is 10.6 Å². The van der Waals surface area contributed by atoms with Gasteiger partial charge in [-0.1, -0.05) is 23.2 Å². The smallest absolute Gasteiger partial charge is 0.317 e. The van der Waals surface area contributed by atoms with E-state index in [9.17, 15) is 10.1 Å². The van der Waals surface area contributed by atoms with Gasteiger partial charge in [0.25, 0.3) is 0 Å². The van der Waals surface area contributed by atoms with Crippen molar-refractivity contribution < 1.29 is 4.92 Å². The zero-order chi connectivity index (χ0) is 12.1. The number of rotatable bonds is 1. The SMILES string of the molecule is CC1=NC2(Cl)NC(=S)NC2([N+](=O)[O-])C(Cl)=N1. The number of aliphatic imine (C=N–C) groups is 2. The number of hydrogen-bond acceptors (Lipinski definition) is 5. The summed E-state index contributed by atoms with van der Waals surface area (Å²) in [5.41, 5.74) is -2.05. The molecule has 0 amide bonds. The molecule has 10 heteroatoms. The average molecular weight is 282 g/mol. The molecule has 7 nitrogen and oxygen atoms in total. The highest BCUT2D eigenvalue weighted by Gasteiger charge is 2.72. The largest absolute Gasteiger partial charge is 0.406 e. The topological polar surface area (TPSA) is 91.9 Å². The van der Waals surface area contributed by atoms with Crippen molar-refractivity contribution in [3.05, 3.63) is 10.1 Å². The second-order valence-corrected chi connectivity index (χ2v) is 4.54. The molecular weight excluding hydrogens is 277 g/mol. The van der Waals surface area contributed by atoms with E-state index >= 15 is 0 Å². The third-order valence-corrected chi connectivity index (χ3v) is 3.22. The van der Waals surface area contributed by atoms with Crippen LogP contribution in [0.2, 0.25) is 0 Å². The fourth-order valence-corrected chi connectivity index (χ4v) is 2.73. The first kappa shape index (κ1) is 11.5. The van der Waals surface area contributed by atoms with Crippen molar-refractivity contribution in [3.8, 4) is 0 Å². The molecule has 2 aliphatic rings. The molecule has 86 valence electrons. The maximum atomic E-state index is 11.2. The number of fused-ring (bicyclic) bond motifs is 1. The second-order valence-electron chi connectivity index (χ2n) is 3.23. The molecule has 2 atom stereocenters. The Morgan fingerprint density at radius 2 is 2.19 bits per heavy atom. The van der Waals surface area contributed by atoms with Gasteiger partial charge in [-0.05, 0) is 19.1 Å². The average Bonchev–Trinajstić information content (AvgIpc) is 2.36. The molecule has 0 bridgehead atoms. The summed E-state index contributed by atoms with van der Waals surface area (Å²) >= 11 is 16.6. The molecule has 0 radical (unpaired) electrons. The first-order valence-electron chi connectivity index (χ1n) is 4.07. The summed E-state index contributed by atoms with van der Waals surface area (Å²) in [6.07, 6.45) is 0. The van der Waals surface area contributed by atoms with E-state index in [0.29, 0.717) is 0 Å². The highest BCUT2D eigenvalue weighted by molar-refractivity contribution is 7.80. The quantitative estimate of drug-likeness (QED) is 0.239. The minimum atomic E-state index is -2.05. The van der Waals surface area contributed by atoms with Crippen LogP contribution >= 0.6 is 35.4 Å². The molecular formula is C6H5Cl2N5O2S. The highest BCUT2D eigenvalue weighted by atomic mass is 35.5. The van der Waals surface area contributed by atoms with Crippen molar-refractivity contribution in [2.45, 2.75) is 17.7 Å². The summed E-state index contributed by atoms with van der Waals surface area (Å²) in [6.45, 7) is 1.53. The number of alkyl halides is 1. The Morgan fingerprint density at radius 1 is 1.56 bits per heavy atom. The molecule has 16 heavy (non-hydrogen) atoms. The minimum absolute atomic E-state index is 0.00139. The summed E-state index contributed by atoms with van der Waals surface area (Å²) in [7, 11) is 0. The monoisotopic (exact) mass is 281 g/mol. The van der Waals surface area contributed by atoms with Crippen LogP contribution in [-0.2, 0) is 0 Å². The van der Waals surface area contributed by atoms with Crippen LogP contribution in [0, 0.1) is 10.1 Å². The van der Waals surface area contributed by atoms with Crippen molar-refractivity contribution >= 4 is 51.5 Å². The van der Waals surface area contributed by atoms with Crippen LogP contribution in [0.3, 0.4) is 0 Å². The van der Waals surface area contributed by atoms with Gasteiger partial charge < -0.3 is 5.32 Å². The van der Waals surface area contributed by atoms with Gasteiger partial charge in [-0.2, -0.15) is 0 Å². The van der Waals surface area contributed by atoms with E-state index in [0.717, 1.165) is 0 Å². The molecule has 1 fully saturated rings. The van der Waals surface area contributed by atoms with Crippen molar-refractivity contribution in [1.82, 2.24) is 10.6 Å². The lowest BCUT2D eigenvalue weighted by atomic mass is 10.1. The van der Waals surface area contributed by atoms with Crippen LogP contribution in [0.15, 0.2) is 9.98 Å². The Kier molecular flexibility index (Phi) is 2.34. The fourth-order valence-electron chi connectivity index (χ4n) is 1.53. The number of hydrogen-bond donors (Lipinski definition) is 2. The van der Waals surface area contributed by atoms with Gasteiger partial charge in [0.15, 0.2) is 5.11 Å². The molecule has 0 saturated carbocycles. The molecule has 0 aromatic heterocycles. The predicted octanol–water partition coefficient (Wildman–Crippen LogP) is 0.399. The summed E-state index contributed by atoms with van der Waals surface area (Å²) in [4.78, 5) is 18.1. The number of nitrogens with zero attached hydrogens (tertiary/aromatic N) is 3. The van der Waals surface area contributed by atoms with E-state index in [-0.39, 0.29) is 16.1 Å². The first-order valence-corrected chi connectivity index (χ1v) is 5.23. The molecule has 0 aromatic rings. The van der Waals surface area contributed by atoms with Gasteiger partial charge in [0.2, 0.25) is 5.17 Å². The lowest BCUT2D eigenvalue weighted by molar-refractivity contribution is -0.555. The minimum Gasteiger partial charge on any atom is -0.317 e. The molecule has 2 aliphatic heterocycles. The standard InChI is InChI=1S/C6H5Cl2N5O2S/c1-2-9-3(7)5(13(14)15)6(8,10-2)12-4(16)11-5/h1H3,(H2,11,12,16). The van der Waals surface area contributed by atoms with Crippen LogP contribution in [0.25, 0.3) is 0 Å². The molecule has 2 unspecified atom stereocenters. The molecule has 0 spiro atoms. The van der Waals surface area contributed by atoms with E-state index < -0.39 is 15.7 Å². The van der Waals surface area contributed by atoms with Gasteiger partial charge in [0.05, 0.1) is 4.92 Å². The summed E-state index contributed by atoms with van der Waals surface area (Å²) in [6, 6.07) is 0. The van der Waals surface area contributed by atoms with Crippen molar-refractivity contribution in [1.29, 1.82) is 0 Å². The van der Waals surface area contributed by atoms with Gasteiger partial charge in [-0.15, -0.1) is 0 Å². The highest BCUT2D eigenvalue weighted by Crippen LogP contribution is 2.38. The number of amidine groups is 1. The normalized spacial score (nSPS) is 36.8. The predicted molar refractivity (Wildman–Crippen MR) is 63.6 cm³/mol. The van der Waals surface area contributed by atoms with Crippen molar-refractivity contribution in [2.75, 3.05) is 0 Å². The van der Waals surface area contributed by atoms with Crippen molar-refractivity contribution in [3.63, 3.8) is 0 Å². The van der Waals surface area contributed by atoms with Gasteiger partial charge in [-0.3, -0.25) is 15.4 Å². The van der Waals surface area contributed by atoms with Crippen molar-refractivity contribution in [2.24, 2.45) is 9.98 Å². The Hall–Kier alpha value is -0.990. The zero-order valence-electron chi connectivity index (χ0n) is 7.82. The molecule has 2 N–H and O–H groups in total. The number of nitrogens with one attached hydrogen (secondary N) is 2. The third kappa shape index (κ3) is 1.23. The first-order chi connectivity index (χ1) is 7.32. The van der Waals surface area contributed by atoms with Gasteiger partial charge in [-0.25, -0.2) is 9.98 Å². The number of thiocarbonyl (C=S) groups is 1. The Morgan fingerprint density at radius 3 is 2.75 bits per heavy atom. The zero-order valence-corrected chi connectivity index (χ0v) is 10.2. The van der Waals surface area contributed by atoms with Gasteiger partial charge >= 0.3 is 10.8 Å². The molecule has 0 aliphatic carbocycles. The van der Waals surface area contributed by atoms with Crippen LogP contribution in [0.5, 0.6) is 0 Å². The Balaban J connectivity index is 2.67. The summed E-state index contributed by atoms with van der Waals surface area (Å²) in [5.74, 6) is 0.233. The maximum Gasteiger partial charge on any atom is 0.406 e. The molecule has 2 rings (SSSR count). The van der Waals surface area contributed by atoms with Crippen LogP contribution in [-0.4, -0.2) is 31.8 Å². The number of nitro groups is 1. The van der Waals surface area contributed by atoms with E-state index in [2.05, 4.69) is 20.6 Å². The molecule has 0 aromatic carbocycles. The van der Waals surface area contributed by atoms with E-state index in [4.69, 9.17) is 35.4 Å². The lowest BCUT2D eigenvalue weighted by Crippen LogP contribution is -2.66. The number of halogens is 2. The van der Waals surface area contributed by atoms with E-state index in [1.807, 2.05) is 0 Å². The van der Waals surface area contributed by atoms with Gasteiger partial charge in [0.1, 0.15) is 5.84 Å². The Bertz CT molecular complexity index is 466. The maximum absolute atomic E-state index is 11.2. The summed E-state index contributed by atoms with van der Waals surface area (Å²) < 4.78 is 0. The van der Waals surface area contributed by atoms with E-state index in [1.165, 1.54) is 6.92 Å².